The zero-order valence-corrected chi connectivity index (χ0v) is 28.3. The highest BCUT2D eigenvalue weighted by molar-refractivity contribution is 5.83. The van der Waals surface area contributed by atoms with Gasteiger partial charge in [0.25, 0.3) is 0 Å². The van der Waals surface area contributed by atoms with E-state index in [-0.39, 0.29) is 5.41 Å². The van der Waals surface area contributed by atoms with Crippen LogP contribution in [0.25, 0.3) is 22.8 Å². The first-order valence-electron chi connectivity index (χ1n) is 16.0. The summed E-state index contributed by atoms with van der Waals surface area (Å²) >= 11 is 0. The number of rotatable bonds is 2. The molecule has 1 heterocycles. The molecule has 0 saturated carbocycles. The van der Waals surface area contributed by atoms with E-state index in [2.05, 4.69) is 175 Å². The molecule has 0 saturated heterocycles. The minimum atomic E-state index is 0.152. The van der Waals surface area contributed by atoms with Crippen LogP contribution in [-0.2, 0) is 11.8 Å². The predicted octanol–water partition coefficient (Wildman–Crippen LogP) is 11.8. The molecule has 0 spiro atoms. The Kier molecular flexibility index (Phi) is 9.30. The van der Waals surface area contributed by atoms with E-state index in [4.69, 9.17) is 0 Å². The van der Waals surface area contributed by atoms with Crippen molar-refractivity contribution in [2.75, 3.05) is 11.9 Å². The fourth-order valence-corrected chi connectivity index (χ4v) is 6.70. The molecule has 3 aliphatic rings. The van der Waals surface area contributed by atoms with Crippen molar-refractivity contribution in [1.82, 2.24) is 0 Å². The fraction of sp³-hybridized carbons (Fsp3) is 0.227. The summed E-state index contributed by atoms with van der Waals surface area (Å²) in [6.45, 7) is 19.2. The third-order valence-corrected chi connectivity index (χ3v) is 9.06. The molecule has 1 nitrogen and oxygen atoms in total. The lowest BCUT2D eigenvalue weighted by atomic mass is 9.82. The molecule has 4 aromatic rings. The quantitative estimate of drug-likeness (QED) is 0.225. The summed E-state index contributed by atoms with van der Waals surface area (Å²) in [4.78, 5) is 2.18. The van der Waals surface area contributed by atoms with Gasteiger partial charge in [0.05, 0.1) is 0 Å². The first-order chi connectivity index (χ1) is 21.5. The smallest absolute Gasteiger partial charge is 0.0481 e. The van der Waals surface area contributed by atoms with Crippen molar-refractivity contribution in [3.8, 4) is 11.1 Å². The normalized spacial score (nSPS) is 15.9. The van der Waals surface area contributed by atoms with Gasteiger partial charge in [0, 0.05) is 23.8 Å². The van der Waals surface area contributed by atoms with Crippen LogP contribution < -0.4 is 4.90 Å². The molecule has 4 aromatic carbocycles. The summed E-state index contributed by atoms with van der Waals surface area (Å²) in [7, 11) is 2.08. The topological polar surface area (TPSA) is 3.24 Å². The SMILES string of the molecule is C/C=C\C1=C(C)Cc2ccc(C)cc21.C=C(C)/C=C1/C=Cc2ccccc2N1C.Cc1ccc2c(c1)-c1ccccc1C2(C)C. The zero-order chi connectivity index (χ0) is 32.3. The fourth-order valence-electron chi connectivity index (χ4n) is 6.70. The summed E-state index contributed by atoms with van der Waals surface area (Å²) in [6.07, 6.45) is 11.8. The van der Waals surface area contributed by atoms with Crippen LogP contribution in [0.5, 0.6) is 0 Å². The van der Waals surface area contributed by atoms with Gasteiger partial charge >= 0.3 is 0 Å². The minimum absolute atomic E-state index is 0.152. The molecule has 0 aromatic heterocycles. The van der Waals surface area contributed by atoms with Crippen LogP contribution in [0.2, 0.25) is 0 Å². The molecule has 7 rings (SSSR count). The van der Waals surface area contributed by atoms with Crippen LogP contribution >= 0.6 is 0 Å². The second kappa shape index (κ2) is 13.2. The van der Waals surface area contributed by atoms with E-state index in [1.54, 1.807) is 0 Å². The molecule has 0 atom stereocenters. The van der Waals surface area contributed by atoms with Gasteiger partial charge in [-0.05, 0) is 104 Å². The van der Waals surface area contributed by atoms with E-state index in [0.29, 0.717) is 0 Å². The lowest BCUT2D eigenvalue weighted by Crippen LogP contribution is -2.18. The third-order valence-electron chi connectivity index (χ3n) is 9.06. The third kappa shape index (κ3) is 6.59. The molecular weight excluding hydrogens is 542 g/mol. The first-order valence-corrected chi connectivity index (χ1v) is 16.0. The number of likely N-dealkylation sites (N-methyl/N-ethyl adjacent to an activating group) is 1. The van der Waals surface area contributed by atoms with Crippen molar-refractivity contribution in [2.24, 2.45) is 0 Å². The number of hydrogen-bond donors (Lipinski definition) is 0. The lowest BCUT2D eigenvalue weighted by molar-refractivity contribution is 0.660. The van der Waals surface area contributed by atoms with E-state index in [1.165, 1.54) is 72.6 Å². The maximum Gasteiger partial charge on any atom is 0.0481 e. The Morgan fingerprint density at radius 1 is 0.778 bits per heavy atom. The summed E-state index contributed by atoms with van der Waals surface area (Å²) in [5, 5.41) is 0. The van der Waals surface area contributed by atoms with Gasteiger partial charge < -0.3 is 4.90 Å². The number of fused-ring (bicyclic) bond motifs is 5. The van der Waals surface area contributed by atoms with Crippen molar-refractivity contribution in [3.63, 3.8) is 0 Å². The van der Waals surface area contributed by atoms with Crippen molar-refractivity contribution in [1.29, 1.82) is 0 Å². The highest BCUT2D eigenvalue weighted by atomic mass is 15.1. The second-order valence-corrected chi connectivity index (χ2v) is 13.1. The Morgan fingerprint density at radius 2 is 1.42 bits per heavy atom. The summed E-state index contributed by atoms with van der Waals surface area (Å²) in [6, 6.07) is 30.7. The van der Waals surface area contributed by atoms with Crippen molar-refractivity contribution < 1.29 is 0 Å². The van der Waals surface area contributed by atoms with E-state index in [0.717, 1.165) is 12.0 Å². The average Bonchev–Trinajstić information content (AvgIpc) is 3.44. The molecule has 1 heteroatoms. The molecule has 45 heavy (non-hydrogen) atoms. The van der Waals surface area contributed by atoms with Crippen LogP contribution in [0, 0.1) is 13.8 Å². The van der Waals surface area contributed by atoms with Gasteiger partial charge in [-0.3, -0.25) is 0 Å². The summed E-state index contributed by atoms with van der Waals surface area (Å²) < 4.78 is 0. The number of para-hydroxylation sites is 1. The van der Waals surface area contributed by atoms with Gasteiger partial charge in [0.1, 0.15) is 0 Å². The Hall–Kier alpha value is -4.62. The van der Waals surface area contributed by atoms with Gasteiger partial charge in [-0.25, -0.2) is 0 Å². The molecule has 0 bridgehead atoms. The van der Waals surface area contributed by atoms with Crippen molar-refractivity contribution in [3.05, 3.63) is 172 Å². The van der Waals surface area contributed by atoms with E-state index in [9.17, 15) is 0 Å². The van der Waals surface area contributed by atoms with Crippen molar-refractivity contribution in [2.45, 2.75) is 60.3 Å². The molecule has 1 aliphatic heterocycles. The summed E-state index contributed by atoms with van der Waals surface area (Å²) in [5.41, 5.74) is 19.2. The van der Waals surface area contributed by atoms with Gasteiger partial charge in [-0.2, -0.15) is 0 Å². The Bertz CT molecular complexity index is 1870. The molecule has 0 radical (unpaired) electrons. The highest BCUT2D eigenvalue weighted by Gasteiger charge is 2.34. The molecule has 0 fully saturated rings. The number of allylic oxidation sites excluding steroid dienone is 7. The second-order valence-electron chi connectivity index (χ2n) is 13.1. The van der Waals surface area contributed by atoms with Crippen molar-refractivity contribution >= 4 is 17.3 Å². The molecule has 0 N–H and O–H groups in total. The highest BCUT2D eigenvalue weighted by Crippen LogP contribution is 2.48. The van der Waals surface area contributed by atoms with Crippen LogP contribution in [0.4, 0.5) is 5.69 Å². The molecule has 2 aliphatic carbocycles. The maximum absolute atomic E-state index is 3.90. The average molecular weight is 590 g/mol. The molecule has 0 amide bonds. The number of benzene rings is 4. The Labute approximate surface area is 271 Å². The van der Waals surface area contributed by atoms with Crippen LogP contribution in [0.3, 0.4) is 0 Å². The predicted molar refractivity (Wildman–Crippen MR) is 198 cm³/mol. The van der Waals surface area contributed by atoms with Gasteiger partial charge in [0.2, 0.25) is 0 Å². The number of anilines is 1. The lowest BCUT2D eigenvalue weighted by Gasteiger charge is -2.26. The Morgan fingerprint density at radius 3 is 2.16 bits per heavy atom. The molecular formula is C44H47N. The van der Waals surface area contributed by atoms with Crippen LogP contribution in [-0.4, -0.2) is 7.05 Å². The summed E-state index contributed by atoms with van der Waals surface area (Å²) in [5.74, 6) is 0. The van der Waals surface area contributed by atoms with Gasteiger partial charge in [0.15, 0.2) is 0 Å². The monoisotopic (exact) mass is 589 g/mol. The van der Waals surface area contributed by atoms with Gasteiger partial charge in [-0.15, -0.1) is 0 Å². The zero-order valence-electron chi connectivity index (χ0n) is 28.3. The maximum atomic E-state index is 3.90. The largest absolute Gasteiger partial charge is 0.344 e. The van der Waals surface area contributed by atoms with E-state index < -0.39 is 0 Å². The number of nitrogens with zero attached hydrogens (tertiary/aromatic N) is 1. The number of hydrogen-bond acceptors (Lipinski definition) is 1. The minimum Gasteiger partial charge on any atom is -0.344 e. The van der Waals surface area contributed by atoms with E-state index in [1.807, 2.05) is 6.92 Å². The number of aryl methyl sites for hydroxylation is 2. The first kappa shape index (κ1) is 31.8. The molecule has 228 valence electrons. The Balaban J connectivity index is 0.000000134. The van der Waals surface area contributed by atoms with Crippen LogP contribution in [0.1, 0.15) is 73.6 Å². The van der Waals surface area contributed by atoms with E-state index >= 15 is 0 Å². The van der Waals surface area contributed by atoms with Crippen LogP contribution in [0.15, 0.2) is 133 Å². The van der Waals surface area contributed by atoms with Gasteiger partial charge in [-0.1, -0.05) is 140 Å². The molecule has 0 unspecified atom stereocenters. The standard InChI is InChI=1S/C16H16.C14H15N.C14H16/c1-11-8-9-15-13(10-11)12-6-4-5-7-14(12)16(15,2)3;1-11(2)10-13-9-8-12-6-4-5-7-14(12)15(13)3;1-4-5-13-11(3)9-12-7-6-10(2)8-14(12)13/h4-10H,1-3H3;4-10H,1H2,2-3H3;4-8H,9H2,1-3H3/b;13-10-;5-4-.